The zero-order valence-electron chi connectivity index (χ0n) is 24.5. The van der Waals surface area contributed by atoms with Gasteiger partial charge in [-0.05, 0) is 84.8 Å². The van der Waals surface area contributed by atoms with Crippen LogP contribution in [0.2, 0.25) is 0 Å². The Bertz CT molecular complexity index is 1790. The highest BCUT2D eigenvalue weighted by atomic mass is 31.2. The predicted octanol–water partition coefficient (Wildman–Crippen LogP) is 7.29. The molecule has 45 heavy (non-hydrogen) atoms. The van der Waals surface area contributed by atoms with Crippen molar-refractivity contribution in [3.05, 3.63) is 156 Å². The van der Waals surface area contributed by atoms with Crippen LogP contribution in [0.3, 0.4) is 0 Å². The van der Waals surface area contributed by atoms with Gasteiger partial charge in [0.25, 0.3) is 0 Å². The second-order valence-electron chi connectivity index (χ2n) is 10.9. The van der Waals surface area contributed by atoms with Crippen LogP contribution in [0, 0.1) is 0 Å². The topological polar surface area (TPSA) is 70.8 Å². The summed E-state index contributed by atoms with van der Waals surface area (Å²) in [4.78, 5) is 11.0. The van der Waals surface area contributed by atoms with Gasteiger partial charge in [-0.2, -0.15) is 0 Å². The van der Waals surface area contributed by atoms with Crippen LogP contribution in [0.15, 0.2) is 138 Å². The third kappa shape index (κ3) is 5.98. The quantitative estimate of drug-likeness (QED) is 0.113. The number of benzene rings is 5. The summed E-state index contributed by atoms with van der Waals surface area (Å²) in [5.41, 5.74) is 2.54. The van der Waals surface area contributed by atoms with Crippen LogP contribution >= 0.6 is 7.26 Å². The standard InChI is InChI=1S/C38H31NO5P/c40-25-28-16-19-31(20-17-28)43-37-23-29(22-36-38(37)42-27-41-36)18-21-32-24-30(39-44-32)26-45(33-10-4-1-5-11-33,34-12-6-2-7-13-34)35-14-8-3-9-15-35/h1-17,19-20,22-25H,18,21,26-27H2/q+1. The molecule has 0 amide bonds. The van der Waals surface area contributed by atoms with Crippen molar-refractivity contribution in [1.82, 2.24) is 5.16 Å². The van der Waals surface area contributed by atoms with Gasteiger partial charge < -0.3 is 18.7 Å². The minimum absolute atomic E-state index is 0.139. The van der Waals surface area contributed by atoms with E-state index in [1.807, 2.05) is 12.1 Å². The molecule has 1 aromatic heterocycles. The molecule has 0 unspecified atom stereocenters. The molecule has 2 heterocycles. The molecule has 0 fully saturated rings. The smallest absolute Gasteiger partial charge is 0.231 e. The lowest BCUT2D eigenvalue weighted by Crippen LogP contribution is -2.32. The molecule has 0 aliphatic carbocycles. The monoisotopic (exact) mass is 612 g/mol. The number of aldehydes is 1. The van der Waals surface area contributed by atoms with Gasteiger partial charge in [0.1, 0.15) is 52.8 Å². The number of nitrogens with zero attached hydrogens (tertiary/aromatic N) is 1. The van der Waals surface area contributed by atoms with Crippen LogP contribution in [0.25, 0.3) is 0 Å². The van der Waals surface area contributed by atoms with Gasteiger partial charge >= 0.3 is 0 Å². The highest BCUT2D eigenvalue weighted by molar-refractivity contribution is 7.95. The summed E-state index contributed by atoms with van der Waals surface area (Å²) in [7, 11) is -2.08. The fourth-order valence-electron chi connectivity index (χ4n) is 5.82. The van der Waals surface area contributed by atoms with Crippen molar-refractivity contribution in [2.24, 2.45) is 0 Å². The molecule has 0 N–H and O–H groups in total. The van der Waals surface area contributed by atoms with Gasteiger partial charge in [0.2, 0.25) is 12.5 Å². The van der Waals surface area contributed by atoms with Gasteiger partial charge in [0, 0.05) is 18.1 Å². The number of aryl methyl sites for hydroxylation is 2. The Labute approximate surface area is 262 Å². The molecule has 7 rings (SSSR count). The second-order valence-corrected chi connectivity index (χ2v) is 14.4. The minimum atomic E-state index is -2.08. The zero-order valence-corrected chi connectivity index (χ0v) is 25.4. The number of hydrogen-bond acceptors (Lipinski definition) is 6. The third-order valence-corrected chi connectivity index (χ3v) is 12.3. The maximum Gasteiger partial charge on any atom is 0.231 e. The fraction of sp³-hybridized carbons (Fsp3) is 0.105. The first kappa shape index (κ1) is 28.6. The summed E-state index contributed by atoms with van der Waals surface area (Å²) in [6.45, 7) is 0.139. The normalized spacial score (nSPS) is 12.2. The van der Waals surface area contributed by atoms with E-state index >= 15 is 0 Å². The number of aromatic nitrogens is 1. The molecule has 0 bridgehead atoms. The molecule has 1 aliphatic heterocycles. The van der Waals surface area contributed by atoms with Crippen molar-refractivity contribution >= 4 is 29.5 Å². The average molecular weight is 613 g/mol. The zero-order chi connectivity index (χ0) is 30.5. The third-order valence-electron chi connectivity index (χ3n) is 8.00. The van der Waals surface area contributed by atoms with Gasteiger partial charge in [-0.1, -0.05) is 59.8 Å². The number of carbonyl (C=O) groups is 1. The van der Waals surface area contributed by atoms with Crippen molar-refractivity contribution in [2.45, 2.75) is 19.0 Å². The average Bonchev–Trinajstić information content (AvgIpc) is 3.77. The lowest BCUT2D eigenvalue weighted by atomic mass is 10.1. The molecule has 6 aromatic rings. The minimum Gasteiger partial charge on any atom is -0.453 e. The lowest BCUT2D eigenvalue weighted by molar-refractivity contribution is 0.112. The van der Waals surface area contributed by atoms with Crippen LogP contribution in [0.4, 0.5) is 0 Å². The van der Waals surface area contributed by atoms with Crippen LogP contribution in [-0.4, -0.2) is 18.2 Å². The van der Waals surface area contributed by atoms with E-state index in [1.165, 1.54) is 15.9 Å². The Morgan fingerprint density at radius 2 is 1.33 bits per heavy atom. The maximum atomic E-state index is 11.0. The summed E-state index contributed by atoms with van der Waals surface area (Å²) in [5, 5.41) is 8.51. The molecule has 5 aromatic carbocycles. The van der Waals surface area contributed by atoms with Gasteiger partial charge in [-0.3, -0.25) is 4.79 Å². The number of ether oxygens (including phenoxy) is 3. The lowest BCUT2D eigenvalue weighted by Gasteiger charge is -2.26. The fourth-order valence-corrected chi connectivity index (χ4v) is 9.94. The Morgan fingerprint density at radius 1 is 0.711 bits per heavy atom. The van der Waals surface area contributed by atoms with Crippen molar-refractivity contribution in [3.63, 3.8) is 0 Å². The Hall–Kier alpha value is -5.19. The van der Waals surface area contributed by atoms with Gasteiger partial charge in [0.15, 0.2) is 11.5 Å². The molecule has 0 spiro atoms. The van der Waals surface area contributed by atoms with E-state index in [0.29, 0.717) is 41.4 Å². The molecule has 6 nitrogen and oxygen atoms in total. The van der Waals surface area contributed by atoms with Crippen molar-refractivity contribution < 1.29 is 23.5 Å². The van der Waals surface area contributed by atoms with Gasteiger partial charge in [-0.15, -0.1) is 0 Å². The van der Waals surface area contributed by atoms with Crippen LogP contribution < -0.4 is 30.1 Å². The van der Waals surface area contributed by atoms with Crippen LogP contribution in [0.5, 0.6) is 23.0 Å². The summed E-state index contributed by atoms with van der Waals surface area (Å²) < 4.78 is 23.5. The first-order valence-corrected chi connectivity index (χ1v) is 16.8. The molecule has 0 saturated carbocycles. The maximum absolute atomic E-state index is 11.0. The van der Waals surface area contributed by atoms with E-state index in [-0.39, 0.29) is 6.79 Å². The largest absolute Gasteiger partial charge is 0.453 e. The van der Waals surface area contributed by atoms with Crippen LogP contribution in [-0.2, 0) is 19.0 Å². The van der Waals surface area contributed by atoms with E-state index in [9.17, 15) is 4.79 Å². The van der Waals surface area contributed by atoms with Crippen molar-refractivity contribution in [3.8, 4) is 23.0 Å². The highest BCUT2D eigenvalue weighted by Gasteiger charge is 2.46. The first-order valence-electron chi connectivity index (χ1n) is 14.9. The van der Waals surface area contributed by atoms with Crippen molar-refractivity contribution in [2.75, 3.05) is 6.79 Å². The van der Waals surface area contributed by atoms with E-state index < -0.39 is 7.26 Å². The Kier molecular flexibility index (Phi) is 8.13. The van der Waals surface area contributed by atoms with Crippen LogP contribution in [0.1, 0.15) is 27.4 Å². The highest BCUT2D eigenvalue weighted by Crippen LogP contribution is 2.58. The predicted molar refractivity (Wildman–Crippen MR) is 177 cm³/mol. The Morgan fingerprint density at radius 3 is 1.93 bits per heavy atom. The van der Waals surface area contributed by atoms with E-state index in [2.05, 4.69) is 102 Å². The SMILES string of the molecule is O=Cc1ccc(Oc2cc(CCc3cc(C[P+](c4ccccc4)(c4ccccc4)c4ccccc4)no3)cc3c2OCO3)cc1. The summed E-state index contributed by atoms with van der Waals surface area (Å²) >= 11 is 0. The number of fused-ring (bicyclic) bond motifs is 1. The molecular weight excluding hydrogens is 581 g/mol. The number of hydrogen-bond donors (Lipinski definition) is 0. The van der Waals surface area contributed by atoms with Gasteiger partial charge in [-0.25, -0.2) is 0 Å². The molecule has 0 radical (unpaired) electrons. The number of rotatable bonds is 11. The summed E-state index contributed by atoms with van der Waals surface area (Å²) in [6.07, 6.45) is 2.91. The van der Waals surface area contributed by atoms with E-state index in [0.717, 1.165) is 29.5 Å². The molecule has 0 atom stereocenters. The van der Waals surface area contributed by atoms with E-state index in [4.69, 9.17) is 18.7 Å². The van der Waals surface area contributed by atoms with Crippen molar-refractivity contribution in [1.29, 1.82) is 0 Å². The molecule has 222 valence electrons. The number of carbonyl (C=O) groups excluding carboxylic acids is 1. The van der Waals surface area contributed by atoms with E-state index in [1.54, 1.807) is 24.3 Å². The molecule has 1 aliphatic rings. The molecule has 7 heteroatoms. The van der Waals surface area contributed by atoms with Gasteiger partial charge in [0.05, 0.1) is 0 Å². The first-order chi connectivity index (χ1) is 22.2. The second kappa shape index (κ2) is 12.8. The molecule has 0 saturated heterocycles. The molecular formula is C38H31NO5P+. The summed E-state index contributed by atoms with van der Waals surface area (Å²) in [6, 6.07) is 45.4. The Balaban J connectivity index is 1.15. The summed E-state index contributed by atoms with van der Waals surface area (Å²) in [5.74, 6) is 3.22.